The Morgan fingerprint density at radius 3 is 2.86 bits per heavy atom. The predicted molar refractivity (Wildman–Crippen MR) is 82.4 cm³/mol. The number of benzene rings is 1. The molecule has 0 atom stereocenters. The number of carbonyl (C=O) groups excluding carboxylic acids is 1. The van der Waals surface area contributed by atoms with E-state index in [2.05, 4.69) is 22.1 Å². The highest BCUT2D eigenvalue weighted by Gasteiger charge is 2.09. The van der Waals surface area contributed by atoms with Crippen LogP contribution in [0.2, 0.25) is 5.02 Å². The van der Waals surface area contributed by atoms with E-state index in [1.807, 2.05) is 0 Å². The Kier molecular flexibility index (Phi) is 4.77. The summed E-state index contributed by atoms with van der Waals surface area (Å²) in [7, 11) is 0. The lowest BCUT2D eigenvalue weighted by Crippen LogP contribution is -2.18. The molecule has 0 radical (unpaired) electrons. The molecule has 0 aliphatic carbocycles. The minimum absolute atomic E-state index is 0.153. The van der Waals surface area contributed by atoms with Crippen molar-refractivity contribution >= 4 is 23.2 Å². The van der Waals surface area contributed by atoms with Crippen LogP contribution in [0.15, 0.2) is 41.2 Å². The number of pyridine rings is 1. The van der Waals surface area contributed by atoms with Crippen LogP contribution in [0, 0.1) is 11.8 Å². The van der Waals surface area contributed by atoms with Gasteiger partial charge in [0, 0.05) is 16.7 Å². The molecule has 106 valence electrons. The molecule has 0 spiro atoms. The third-order valence-electron chi connectivity index (χ3n) is 2.57. The number of rotatable bonds is 2. The molecule has 2 rings (SSSR count). The van der Waals surface area contributed by atoms with E-state index in [-0.39, 0.29) is 17.8 Å². The van der Waals surface area contributed by atoms with Gasteiger partial charge in [0.15, 0.2) is 0 Å². The van der Waals surface area contributed by atoms with Crippen LogP contribution in [0.5, 0.6) is 0 Å². The molecular formula is C15H12ClN3O2. The quantitative estimate of drug-likeness (QED) is 0.736. The molecule has 0 fully saturated rings. The van der Waals surface area contributed by atoms with E-state index in [0.29, 0.717) is 16.3 Å². The summed E-state index contributed by atoms with van der Waals surface area (Å²) < 4.78 is 0. The van der Waals surface area contributed by atoms with E-state index in [0.717, 1.165) is 0 Å². The lowest BCUT2D eigenvalue weighted by atomic mass is 10.1. The summed E-state index contributed by atoms with van der Waals surface area (Å²) in [4.78, 5) is 25.8. The van der Waals surface area contributed by atoms with Gasteiger partial charge in [-0.05, 0) is 24.3 Å². The topological polar surface area (TPSA) is 88.0 Å². The van der Waals surface area contributed by atoms with E-state index in [1.54, 1.807) is 18.2 Å². The van der Waals surface area contributed by atoms with Crippen molar-refractivity contribution in [3.63, 3.8) is 0 Å². The van der Waals surface area contributed by atoms with Crippen LogP contribution in [-0.2, 0) is 0 Å². The number of amides is 1. The maximum Gasteiger partial charge on any atom is 0.272 e. The summed E-state index contributed by atoms with van der Waals surface area (Å²) in [5.74, 6) is 5.11. The van der Waals surface area contributed by atoms with E-state index >= 15 is 0 Å². The number of nitrogens with one attached hydrogen (secondary N) is 2. The standard InChI is InChI=1S/C15H12ClN3O2/c16-11-7-6-10(3-2-8-17)13(9-11)19-15(21)12-4-1-5-14(20)18-12/h1,4-7,9H,8,17H2,(H,18,20)(H,19,21). The highest BCUT2D eigenvalue weighted by molar-refractivity contribution is 6.31. The Bertz CT molecular complexity index is 787. The van der Waals surface area contributed by atoms with Crippen LogP contribution < -0.4 is 16.6 Å². The number of aromatic amines is 1. The maximum atomic E-state index is 12.1. The first-order valence-corrected chi connectivity index (χ1v) is 6.47. The summed E-state index contributed by atoms with van der Waals surface area (Å²) in [5, 5.41) is 3.13. The average Bonchev–Trinajstić information content (AvgIpc) is 2.46. The van der Waals surface area contributed by atoms with E-state index in [4.69, 9.17) is 17.3 Å². The van der Waals surface area contributed by atoms with Crippen LogP contribution in [0.1, 0.15) is 16.1 Å². The average molecular weight is 302 g/mol. The van der Waals surface area contributed by atoms with Crippen molar-refractivity contribution in [2.24, 2.45) is 5.73 Å². The van der Waals surface area contributed by atoms with Crippen LogP contribution in [0.25, 0.3) is 0 Å². The van der Waals surface area contributed by atoms with Crippen molar-refractivity contribution < 1.29 is 4.79 Å². The molecule has 4 N–H and O–H groups in total. The number of nitrogens with two attached hydrogens (primary N) is 1. The van der Waals surface area contributed by atoms with E-state index in [1.165, 1.54) is 18.2 Å². The van der Waals surface area contributed by atoms with Gasteiger partial charge in [-0.25, -0.2) is 0 Å². The highest BCUT2D eigenvalue weighted by Crippen LogP contribution is 2.20. The van der Waals surface area contributed by atoms with Crippen molar-refractivity contribution in [2.75, 3.05) is 11.9 Å². The molecule has 0 saturated carbocycles. The Hall–Kier alpha value is -2.55. The second kappa shape index (κ2) is 6.75. The minimum atomic E-state index is -0.453. The van der Waals surface area contributed by atoms with Gasteiger partial charge in [-0.2, -0.15) is 0 Å². The number of halogens is 1. The van der Waals surface area contributed by atoms with Crippen LogP contribution in [-0.4, -0.2) is 17.4 Å². The SMILES string of the molecule is NCC#Cc1ccc(Cl)cc1NC(=O)c1cccc(=O)[nH]1. The molecule has 5 nitrogen and oxygen atoms in total. The fraction of sp³-hybridized carbons (Fsp3) is 0.0667. The van der Waals surface area contributed by atoms with Crippen molar-refractivity contribution in [1.29, 1.82) is 0 Å². The molecule has 1 aromatic heterocycles. The van der Waals surface area contributed by atoms with Gasteiger partial charge in [0.1, 0.15) is 5.69 Å². The second-order valence-corrected chi connectivity index (χ2v) is 4.52. The Morgan fingerprint density at radius 1 is 1.33 bits per heavy atom. The molecule has 0 aliphatic rings. The van der Waals surface area contributed by atoms with E-state index < -0.39 is 5.91 Å². The first kappa shape index (κ1) is 14.9. The molecular weight excluding hydrogens is 290 g/mol. The highest BCUT2D eigenvalue weighted by atomic mass is 35.5. The predicted octanol–water partition coefficient (Wildman–Crippen LogP) is 1.59. The van der Waals surface area contributed by atoms with Crippen LogP contribution >= 0.6 is 11.6 Å². The van der Waals surface area contributed by atoms with Gasteiger partial charge in [-0.3, -0.25) is 9.59 Å². The number of hydrogen-bond donors (Lipinski definition) is 3. The van der Waals surface area contributed by atoms with Crippen molar-refractivity contribution in [2.45, 2.75) is 0 Å². The maximum absolute atomic E-state index is 12.1. The summed E-state index contributed by atoms with van der Waals surface area (Å²) in [6, 6.07) is 9.28. The Morgan fingerprint density at radius 2 is 2.14 bits per heavy atom. The Balaban J connectivity index is 2.32. The van der Waals surface area contributed by atoms with Gasteiger partial charge < -0.3 is 16.0 Å². The first-order chi connectivity index (χ1) is 10.1. The molecule has 1 heterocycles. The third-order valence-corrected chi connectivity index (χ3v) is 2.80. The minimum Gasteiger partial charge on any atom is -0.320 e. The normalized spacial score (nSPS) is 9.62. The molecule has 21 heavy (non-hydrogen) atoms. The number of H-pyrrole nitrogens is 1. The molecule has 0 aliphatic heterocycles. The number of aromatic nitrogens is 1. The zero-order chi connectivity index (χ0) is 15.2. The van der Waals surface area contributed by atoms with Crippen molar-refractivity contribution in [3.8, 4) is 11.8 Å². The van der Waals surface area contributed by atoms with Gasteiger partial charge in [0.25, 0.3) is 5.91 Å². The third kappa shape index (κ3) is 3.96. The molecule has 1 aromatic carbocycles. The van der Waals surface area contributed by atoms with E-state index in [9.17, 15) is 9.59 Å². The largest absolute Gasteiger partial charge is 0.320 e. The summed E-state index contributed by atoms with van der Waals surface area (Å²) in [6.07, 6.45) is 0. The van der Waals surface area contributed by atoms with Gasteiger partial charge in [0.2, 0.25) is 5.56 Å². The Labute approximate surface area is 126 Å². The lowest BCUT2D eigenvalue weighted by Gasteiger charge is -2.08. The lowest BCUT2D eigenvalue weighted by molar-refractivity contribution is 0.102. The van der Waals surface area contributed by atoms with Crippen LogP contribution in [0.3, 0.4) is 0 Å². The number of hydrogen-bond acceptors (Lipinski definition) is 3. The fourth-order valence-corrected chi connectivity index (χ4v) is 1.82. The van der Waals surface area contributed by atoms with Gasteiger partial charge in [-0.15, -0.1) is 0 Å². The zero-order valence-corrected chi connectivity index (χ0v) is 11.7. The van der Waals surface area contributed by atoms with Gasteiger partial charge in [0.05, 0.1) is 12.2 Å². The number of anilines is 1. The second-order valence-electron chi connectivity index (χ2n) is 4.08. The molecule has 0 saturated heterocycles. The molecule has 1 amide bonds. The summed E-state index contributed by atoms with van der Waals surface area (Å²) in [6.45, 7) is 0.210. The molecule has 0 unspecified atom stereocenters. The first-order valence-electron chi connectivity index (χ1n) is 6.09. The molecule has 2 aromatic rings. The number of carbonyl (C=O) groups is 1. The summed E-state index contributed by atoms with van der Waals surface area (Å²) in [5.41, 5.74) is 6.19. The summed E-state index contributed by atoms with van der Waals surface area (Å²) >= 11 is 5.92. The van der Waals surface area contributed by atoms with Crippen molar-refractivity contribution in [3.05, 3.63) is 63.0 Å². The monoisotopic (exact) mass is 301 g/mol. The smallest absolute Gasteiger partial charge is 0.272 e. The molecule has 0 bridgehead atoms. The zero-order valence-electron chi connectivity index (χ0n) is 10.9. The van der Waals surface area contributed by atoms with Crippen molar-refractivity contribution in [1.82, 2.24) is 4.98 Å². The van der Waals surface area contributed by atoms with Gasteiger partial charge >= 0.3 is 0 Å². The van der Waals surface area contributed by atoms with Gasteiger partial charge in [-0.1, -0.05) is 29.5 Å². The molecule has 6 heteroatoms. The fourth-order valence-electron chi connectivity index (χ4n) is 1.65. The van der Waals surface area contributed by atoms with Crippen LogP contribution in [0.4, 0.5) is 5.69 Å².